The second kappa shape index (κ2) is 5.24. The summed E-state index contributed by atoms with van der Waals surface area (Å²) in [6.45, 7) is 9.38. The summed E-state index contributed by atoms with van der Waals surface area (Å²) in [6.07, 6.45) is 0.861. The number of anilines is 1. The van der Waals surface area contributed by atoms with Crippen LogP contribution < -0.4 is 10.6 Å². The van der Waals surface area contributed by atoms with Crippen LogP contribution in [0.5, 0.6) is 0 Å². The Morgan fingerprint density at radius 3 is 2.74 bits per heavy atom. The van der Waals surface area contributed by atoms with Gasteiger partial charge in [-0.1, -0.05) is 39.0 Å². The summed E-state index contributed by atoms with van der Waals surface area (Å²) in [7, 11) is 0. The molecule has 0 bridgehead atoms. The normalized spacial score (nSPS) is 20.1. The van der Waals surface area contributed by atoms with E-state index in [2.05, 4.69) is 38.3 Å². The lowest BCUT2D eigenvalue weighted by Crippen LogP contribution is -2.44. The molecule has 0 spiro atoms. The number of hydrogen-bond donors (Lipinski definition) is 2. The molecule has 1 aromatic rings. The Balaban J connectivity index is 2.13. The first-order valence-corrected chi connectivity index (χ1v) is 7.03. The molecule has 2 N–H and O–H groups in total. The Hall–Kier alpha value is -1.51. The highest BCUT2D eigenvalue weighted by molar-refractivity contribution is 5.86. The van der Waals surface area contributed by atoms with Gasteiger partial charge < -0.3 is 10.6 Å². The largest absolute Gasteiger partial charge is 0.385 e. The molecular weight excluding hydrogens is 236 g/mol. The lowest BCUT2D eigenvalue weighted by Gasteiger charge is -2.32. The number of nitrogens with one attached hydrogen (secondary N) is 2. The molecule has 0 fully saturated rings. The smallest absolute Gasteiger partial charge is 0.227 e. The SMILES string of the molecule is CC(NC(=O)C1CCNc2ccccc21)C(C)(C)C. The van der Waals surface area contributed by atoms with Crippen LogP contribution in [0.3, 0.4) is 0 Å². The highest BCUT2D eigenvalue weighted by Gasteiger charge is 2.29. The van der Waals surface area contributed by atoms with Crippen LogP contribution in [-0.2, 0) is 4.79 Å². The fraction of sp³-hybridized carbons (Fsp3) is 0.562. The monoisotopic (exact) mass is 260 g/mol. The van der Waals surface area contributed by atoms with E-state index in [0.29, 0.717) is 0 Å². The van der Waals surface area contributed by atoms with E-state index in [-0.39, 0.29) is 23.3 Å². The van der Waals surface area contributed by atoms with Crippen LogP contribution in [0.4, 0.5) is 5.69 Å². The molecule has 2 rings (SSSR count). The number of amides is 1. The lowest BCUT2D eigenvalue weighted by atomic mass is 9.86. The zero-order valence-corrected chi connectivity index (χ0v) is 12.3. The predicted octanol–water partition coefficient (Wildman–Crippen LogP) is 3.14. The van der Waals surface area contributed by atoms with Gasteiger partial charge in [0.15, 0.2) is 0 Å². The zero-order valence-electron chi connectivity index (χ0n) is 12.3. The molecule has 0 radical (unpaired) electrons. The number of carbonyl (C=O) groups is 1. The van der Waals surface area contributed by atoms with Gasteiger partial charge in [-0.25, -0.2) is 0 Å². The zero-order chi connectivity index (χ0) is 14.0. The summed E-state index contributed by atoms with van der Waals surface area (Å²) in [5, 5.41) is 6.51. The molecule has 1 heterocycles. The van der Waals surface area contributed by atoms with Crippen molar-refractivity contribution in [3.8, 4) is 0 Å². The van der Waals surface area contributed by atoms with Crippen molar-refractivity contribution in [2.75, 3.05) is 11.9 Å². The second-order valence-electron chi connectivity index (χ2n) is 6.45. The molecule has 104 valence electrons. The highest BCUT2D eigenvalue weighted by atomic mass is 16.1. The van der Waals surface area contributed by atoms with Crippen LogP contribution in [-0.4, -0.2) is 18.5 Å². The van der Waals surface area contributed by atoms with Crippen molar-refractivity contribution in [3.63, 3.8) is 0 Å². The summed E-state index contributed by atoms with van der Waals surface area (Å²) in [6, 6.07) is 8.26. The second-order valence-corrected chi connectivity index (χ2v) is 6.45. The summed E-state index contributed by atoms with van der Waals surface area (Å²) in [5.74, 6) is 0.124. The fourth-order valence-corrected chi connectivity index (χ4v) is 2.27. The minimum atomic E-state index is -0.0257. The Kier molecular flexibility index (Phi) is 3.83. The van der Waals surface area contributed by atoms with Gasteiger partial charge in [0.25, 0.3) is 0 Å². The molecule has 3 heteroatoms. The highest BCUT2D eigenvalue weighted by Crippen LogP contribution is 2.32. The summed E-state index contributed by atoms with van der Waals surface area (Å²) in [5.41, 5.74) is 2.30. The number of rotatable bonds is 2. The van der Waals surface area contributed by atoms with Crippen molar-refractivity contribution in [1.82, 2.24) is 5.32 Å². The van der Waals surface area contributed by atoms with E-state index < -0.39 is 0 Å². The maximum atomic E-state index is 12.5. The van der Waals surface area contributed by atoms with Crippen molar-refractivity contribution in [2.24, 2.45) is 5.41 Å². The maximum absolute atomic E-state index is 12.5. The molecule has 19 heavy (non-hydrogen) atoms. The topological polar surface area (TPSA) is 41.1 Å². The van der Waals surface area contributed by atoms with Crippen molar-refractivity contribution in [3.05, 3.63) is 29.8 Å². The van der Waals surface area contributed by atoms with Crippen molar-refractivity contribution >= 4 is 11.6 Å². The lowest BCUT2D eigenvalue weighted by molar-refractivity contribution is -0.124. The van der Waals surface area contributed by atoms with Crippen molar-refractivity contribution in [1.29, 1.82) is 0 Å². The van der Waals surface area contributed by atoms with E-state index in [4.69, 9.17) is 0 Å². The number of para-hydroxylation sites is 1. The summed E-state index contributed by atoms with van der Waals surface area (Å²) in [4.78, 5) is 12.5. The van der Waals surface area contributed by atoms with Gasteiger partial charge in [0.2, 0.25) is 5.91 Å². The predicted molar refractivity (Wildman–Crippen MR) is 79.3 cm³/mol. The molecule has 3 nitrogen and oxygen atoms in total. The first-order chi connectivity index (χ1) is 8.89. The molecule has 0 aromatic heterocycles. The van der Waals surface area contributed by atoms with Gasteiger partial charge in [-0.3, -0.25) is 4.79 Å². The van der Waals surface area contributed by atoms with Gasteiger partial charge in [0.05, 0.1) is 5.92 Å². The third kappa shape index (κ3) is 3.09. The maximum Gasteiger partial charge on any atom is 0.227 e. The van der Waals surface area contributed by atoms with Crippen LogP contribution in [0.2, 0.25) is 0 Å². The Morgan fingerprint density at radius 2 is 2.05 bits per heavy atom. The van der Waals surface area contributed by atoms with Crippen LogP contribution >= 0.6 is 0 Å². The quantitative estimate of drug-likeness (QED) is 0.857. The number of carbonyl (C=O) groups excluding carboxylic acids is 1. The molecule has 0 saturated heterocycles. The van der Waals surface area contributed by atoms with Gasteiger partial charge in [0, 0.05) is 18.3 Å². The van der Waals surface area contributed by atoms with Crippen LogP contribution in [0, 0.1) is 5.41 Å². The fourth-order valence-electron chi connectivity index (χ4n) is 2.27. The number of hydrogen-bond acceptors (Lipinski definition) is 2. The van der Waals surface area contributed by atoms with E-state index in [1.165, 1.54) is 0 Å². The van der Waals surface area contributed by atoms with E-state index in [0.717, 1.165) is 24.2 Å². The van der Waals surface area contributed by atoms with Crippen molar-refractivity contribution < 1.29 is 4.79 Å². The van der Waals surface area contributed by atoms with E-state index in [1.54, 1.807) is 0 Å². The van der Waals surface area contributed by atoms with Gasteiger partial charge in [-0.05, 0) is 30.4 Å². The molecule has 1 aromatic carbocycles. The van der Waals surface area contributed by atoms with Crippen LogP contribution in [0.15, 0.2) is 24.3 Å². The molecule has 1 aliphatic heterocycles. The molecular formula is C16H24N2O. The van der Waals surface area contributed by atoms with Crippen LogP contribution in [0.25, 0.3) is 0 Å². The van der Waals surface area contributed by atoms with Gasteiger partial charge >= 0.3 is 0 Å². The van der Waals surface area contributed by atoms with Gasteiger partial charge in [0.1, 0.15) is 0 Å². The Morgan fingerprint density at radius 1 is 1.37 bits per heavy atom. The molecule has 0 saturated carbocycles. The van der Waals surface area contributed by atoms with Crippen LogP contribution in [0.1, 0.15) is 45.6 Å². The van der Waals surface area contributed by atoms with Crippen molar-refractivity contribution in [2.45, 2.75) is 46.1 Å². The first-order valence-electron chi connectivity index (χ1n) is 7.03. The Bertz CT molecular complexity index is 462. The van der Waals surface area contributed by atoms with E-state index in [1.807, 2.05) is 24.3 Å². The third-order valence-electron chi connectivity index (χ3n) is 4.06. The average molecular weight is 260 g/mol. The van der Waals surface area contributed by atoms with Gasteiger partial charge in [-0.15, -0.1) is 0 Å². The molecule has 1 aliphatic rings. The van der Waals surface area contributed by atoms with E-state index >= 15 is 0 Å². The Labute approximate surface area is 115 Å². The third-order valence-corrected chi connectivity index (χ3v) is 4.06. The number of benzene rings is 1. The standard InChI is InChI=1S/C16H24N2O/c1-11(16(2,3)4)18-15(19)13-9-10-17-14-8-6-5-7-12(13)14/h5-8,11,13,17H,9-10H2,1-4H3,(H,18,19). The average Bonchev–Trinajstić information content (AvgIpc) is 2.36. The molecule has 1 amide bonds. The van der Waals surface area contributed by atoms with E-state index in [9.17, 15) is 4.79 Å². The minimum Gasteiger partial charge on any atom is -0.385 e. The molecule has 2 atom stereocenters. The summed E-state index contributed by atoms with van der Waals surface area (Å²) < 4.78 is 0. The first kappa shape index (κ1) is 13.9. The minimum absolute atomic E-state index is 0.0257. The van der Waals surface area contributed by atoms with Gasteiger partial charge in [-0.2, -0.15) is 0 Å². The molecule has 2 unspecified atom stereocenters. The molecule has 0 aliphatic carbocycles. The number of fused-ring (bicyclic) bond motifs is 1. The summed E-state index contributed by atoms with van der Waals surface area (Å²) >= 11 is 0.